The molecule has 0 saturated carbocycles. The predicted molar refractivity (Wildman–Crippen MR) is 123 cm³/mol. The Hall–Kier alpha value is -2.40. The van der Waals surface area contributed by atoms with Gasteiger partial charge in [-0.1, -0.05) is 43.4 Å². The van der Waals surface area contributed by atoms with Crippen molar-refractivity contribution in [1.82, 2.24) is 4.98 Å². The van der Waals surface area contributed by atoms with Gasteiger partial charge in [-0.15, -0.1) is 0 Å². The molecule has 0 atom stereocenters. The molecule has 4 rings (SSSR count). The molecule has 0 bridgehead atoms. The topological polar surface area (TPSA) is 45.2 Å². The van der Waals surface area contributed by atoms with Crippen LogP contribution in [0.5, 0.6) is 0 Å². The molecule has 1 fully saturated rings. The number of carbonyl (C=O) groups excluding carboxylic acids is 1. The van der Waals surface area contributed by atoms with E-state index < -0.39 is 0 Å². The number of aryl methyl sites for hydroxylation is 2. The number of amides is 1. The van der Waals surface area contributed by atoms with Crippen LogP contribution in [0.15, 0.2) is 36.4 Å². The molecule has 2 aromatic carbocycles. The van der Waals surface area contributed by atoms with Gasteiger partial charge in [0.2, 0.25) is 5.91 Å². The maximum Gasteiger partial charge on any atom is 0.227 e. The van der Waals surface area contributed by atoms with Gasteiger partial charge >= 0.3 is 0 Å². The third-order valence-electron chi connectivity index (χ3n) is 5.80. The molecule has 1 N–H and O–H groups in total. The lowest BCUT2D eigenvalue weighted by molar-refractivity contribution is -0.120. The molecule has 1 saturated heterocycles. The van der Waals surface area contributed by atoms with Crippen LogP contribution in [0.4, 0.5) is 10.8 Å². The number of carbonyl (C=O) groups is 1. The molecule has 5 heteroatoms. The Morgan fingerprint density at radius 2 is 1.83 bits per heavy atom. The van der Waals surface area contributed by atoms with Crippen molar-refractivity contribution in [3.63, 3.8) is 0 Å². The number of nitrogens with one attached hydrogen (secondary N) is 1. The Kier molecular flexibility index (Phi) is 5.59. The minimum atomic E-state index is 0.0642. The van der Waals surface area contributed by atoms with E-state index in [4.69, 9.17) is 4.98 Å². The average molecular weight is 408 g/mol. The van der Waals surface area contributed by atoms with Gasteiger partial charge in [-0.25, -0.2) is 4.98 Å². The zero-order chi connectivity index (χ0) is 20.5. The molecule has 152 valence electrons. The summed E-state index contributed by atoms with van der Waals surface area (Å²) >= 11 is 1.76. The van der Waals surface area contributed by atoms with Crippen molar-refractivity contribution in [1.29, 1.82) is 0 Å². The van der Waals surface area contributed by atoms with E-state index in [0.29, 0.717) is 5.92 Å². The highest BCUT2D eigenvalue weighted by atomic mass is 32.1. The number of hydrogen-bond donors (Lipinski definition) is 1. The number of fused-ring (bicyclic) bond motifs is 1. The minimum Gasteiger partial charge on any atom is -0.348 e. The fourth-order valence-electron chi connectivity index (χ4n) is 4.02. The summed E-state index contributed by atoms with van der Waals surface area (Å²) in [6, 6.07) is 12.6. The molecule has 1 aliphatic heterocycles. The van der Waals surface area contributed by atoms with Crippen molar-refractivity contribution in [3.05, 3.63) is 53.1 Å². The second-order valence-electron chi connectivity index (χ2n) is 8.45. The Bertz CT molecular complexity index is 1010. The Balaban J connectivity index is 1.37. The van der Waals surface area contributed by atoms with E-state index in [-0.39, 0.29) is 11.8 Å². The SMILES string of the molecule is Cc1cc(C)c2nc(N3CCC(C(=O)Nc4ccc(C(C)C)cc4)CC3)sc2c1. The highest BCUT2D eigenvalue weighted by molar-refractivity contribution is 7.22. The predicted octanol–water partition coefficient (Wildman–Crippen LogP) is 5.89. The van der Waals surface area contributed by atoms with Crippen LogP contribution in [0.2, 0.25) is 0 Å². The zero-order valence-corrected chi connectivity index (χ0v) is 18.5. The molecule has 0 spiro atoms. The molecular weight excluding hydrogens is 378 g/mol. The van der Waals surface area contributed by atoms with Crippen molar-refractivity contribution < 1.29 is 4.79 Å². The molecule has 0 unspecified atom stereocenters. The summed E-state index contributed by atoms with van der Waals surface area (Å²) in [5.74, 6) is 0.700. The van der Waals surface area contributed by atoms with Crippen LogP contribution in [0, 0.1) is 19.8 Å². The van der Waals surface area contributed by atoms with E-state index in [0.717, 1.165) is 42.3 Å². The lowest BCUT2D eigenvalue weighted by Gasteiger charge is -2.31. The Morgan fingerprint density at radius 3 is 2.48 bits per heavy atom. The molecule has 0 radical (unpaired) electrons. The van der Waals surface area contributed by atoms with Crippen LogP contribution < -0.4 is 10.2 Å². The van der Waals surface area contributed by atoms with Crippen LogP contribution in [-0.2, 0) is 4.79 Å². The lowest BCUT2D eigenvalue weighted by atomic mass is 9.96. The van der Waals surface area contributed by atoms with E-state index in [1.807, 2.05) is 12.1 Å². The fourth-order valence-corrected chi connectivity index (χ4v) is 5.22. The van der Waals surface area contributed by atoms with Gasteiger partial charge < -0.3 is 10.2 Å². The molecule has 3 aromatic rings. The lowest BCUT2D eigenvalue weighted by Crippen LogP contribution is -2.38. The van der Waals surface area contributed by atoms with Crippen LogP contribution in [-0.4, -0.2) is 24.0 Å². The minimum absolute atomic E-state index is 0.0642. The number of rotatable bonds is 4. The van der Waals surface area contributed by atoms with Gasteiger partial charge in [0.05, 0.1) is 10.2 Å². The molecule has 29 heavy (non-hydrogen) atoms. The summed E-state index contributed by atoms with van der Waals surface area (Å²) in [5, 5.41) is 4.18. The van der Waals surface area contributed by atoms with Gasteiger partial charge in [0.25, 0.3) is 0 Å². The normalized spacial score (nSPS) is 15.3. The largest absolute Gasteiger partial charge is 0.348 e. The van der Waals surface area contributed by atoms with E-state index in [9.17, 15) is 4.79 Å². The van der Waals surface area contributed by atoms with Gasteiger partial charge in [0, 0.05) is 24.7 Å². The molecule has 0 aliphatic carbocycles. The summed E-state index contributed by atoms with van der Waals surface area (Å²) in [5.41, 5.74) is 5.80. The van der Waals surface area contributed by atoms with Gasteiger partial charge in [-0.05, 0) is 67.5 Å². The highest BCUT2D eigenvalue weighted by Gasteiger charge is 2.26. The van der Waals surface area contributed by atoms with E-state index in [1.54, 1.807) is 11.3 Å². The van der Waals surface area contributed by atoms with Crippen LogP contribution in [0.1, 0.15) is 49.3 Å². The van der Waals surface area contributed by atoms with E-state index in [2.05, 4.69) is 62.2 Å². The van der Waals surface area contributed by atoms with Crippen LogP contribution in [0.25, 0.3) is 10.2 Å². The van der Waals surface area contributed by atoms with Crippen LogP contribution >= 0.6 is 11.3 Å². The number of hydrogen-bond acceptors (Lipinski definition) is 4. The Morgan fingerprint density at radius 1 is 1.14 bits per heavy atom. The zero-order valence-electron chi connectivity index (χ0n) is 17.7. The molecule has 1 aliphatic rings. The second-order valence-corrected chi connectivity index (χ2v) is 9.46. The van der Waals surface area contributed by atoms with Crippen molar-refractivity contribution in [3.8, 4) is 0 Å². The number of nitrogens with zero attached hydrogens (tertiary/aromatic N) is 2. The molecule has 2 heterocycles. The molecule has 4 nitrogen and oxygen atoms in total. The summed E-state index contributed by atoms with van der Waals surface area (Å²) in [4.78, 5) is 19.9. The van der Waals surface area contributed by atoms with Crippen molar-refractivity contribution in [2.45, 2.75) is 46.5 Å². The third-order valence-corrected chi connectivity index (χ3v) is 6.86. The third kappa shape index (κ3) is 4.30. The summed E-state index contributed by atoms with van der Waals surface area (Å²) in [6.07, 6.45) is 1.73. The smallest absolute Gasteiger partial charge is 0.227 e. The number of piperidine rings is 1. The number of anilines is 2. The van der Waals surface area contributed by atoms with Gasteiger partial charge in [0.15, 0.2) is 5.13 Å². The van der Waals surface area contributed by atoms with Crippen molar-refractivity contribution in [2.75, 3.05) is 23.3 Å². The average Bonchev–Trinajstić information content (AvgIpc) is 3.13. The monoisotopic (exact) mass is 407 g/mol. The standard InChI is InChI=1S/C24H29N3OS/c1-15(2)18-5-7-20(8-6-18)25-23(28)19-9-11-27(12-10-19)24-26-22-17(4)13-16(3)14-21(22)29-24/h5-8,13-15,19H,9-12H2,1-4H3,(H,25,28). The number of aromatic nitrogens is 1. The fraction of sp³-hybridized carbons (Fsp3) is 0.417. The maximum absolute atomic E-state index is 12.7. The molecule has 1 aromatic heterocycles. The van der Waals surface area contributed by atoms with Gasteiger partial charge in [-0.2, -0.15) is 0 Å². The first-order chi connectivity index (χ1) is 13.9. The Labute approximate surface area is 177 Å². The first-order valence-electron chi connectivity index (χ1n) is 10.4. The summed E-state index contributed by atoms with van der Waals surface area (Å²) in [7, 11) is 0. The quantitative estimate of drug-likeness (QED) is 0.586. The van der Waals surface area contributed by atoms with Crippen molar-refractivity contribution in [2.24, 2.45) is 5.92 Å². The van der Waals surface area contributed by atoms with E-state index in [1.165, 1.54) is 21.4 Å². The summed E-state index contributed by atoms with van der Waals surface area (Å²) < 4.78 is 1.25. The maximum atomic E-state index is 12.7. The number of thiazole rings is 1. The van der Waals surface area contributed by atoms with E-state index >= 15 is 0 Å². The molecule has 1 amide bonds. The summed E-state index contributed by atoms with van der Waals surface area (Å²) in [6.45, 7) is 10.4. The number of benzene rings is 2. The van der Waals surface area contributed by atoms with Crippen LogP contribution in [0.3, 0.4) is 0 Å². The molecular formula is C24H29N3OS. The first-order valence-corrected chi connectivity index (χ1v) is 11.3. The second kappa shape index (κ2) is 8.15. The first kappa shape index (κ1) is 19.9. The van der Waals surface area contributed by atoms with Gasteiger partial charge in [0.1, 0.15) is 0 Å². The van der Waals surface area contributed by atoms with Gasteiger partial charge in [-0.3, -0.25) is 4.79 Å². The van der Waals surface area contributed by atoms with Crippen molar-refractivity contribution >= 4 is 38.3 Å². The highest BCUT2D eigenvalue weighted by Crippen LogP contribution is 2.33.